The molecule has 1 atom stereocenters. The van der Waals surface area contributed by atoms with Gasteiger partial charge in [0, 0.05) is 6.54 Å². The second-order valence-corrected chi connectivity index (χ2v) is 5.66. The molecule has 0 fully saturated rings. The van der Waals surface area contributed by atoms with Crippen molar-refractivity contribution < 1.29 is 0 Å². The highest BCUT2D eigenvalue weighted by atomic mass is 14.9. The predicted molar refractivity (Wildman–Crippen MR) is 80.5 cm³/mol. The molecule has 0 spiro atoms. The van der Waals surface area contributed by atoms with Crippen LogP contribution in [0.25, 0.3) is 0 Å². The second-order valence-electron chi connectivity index (χ2n) is 5.66. The first-order valence-corrected chi connectivity index (χ1v) is 7.17. The Kier molecular flexibility index (Phi) is 3.39. The molecule has 98 valence electrons. The first-order valence-electron chi connectivity index (χ1n) is 7.17. The van der Waals surface area contributed by atoms with E-state index < -0.39 is 0 Å². The van der Waals surface area contributed by atoms with Crippen molar-refractivity contribution in [2.24, 2.45) is 0 Å². The topological polar surface area (TPSA) is 12.0 Å². The molecule has 0 saturated heterocycles. The maximum Gasteiger partial charge on any atom is 0.0579 e. The van der Waals surface area contributed by atoms with Crippen LogP contribution in [0.15, 0.2) is 48.5 Å². The van der Waals surface area contributed by atoms with Gasteiger partial charge in [-0.05, 0) is 34.6 Å². The van der Waals surface area contributed by atoms with Crippen molar-refractivity contribution in [1.82, 2.24) is 5.32 Å². The molecule has 0 saturated carbocycles. The van der Waals surface area contributed by atoms with Crippen LogP contribution in [-0.4, -0.2) is 6.54 Å². The van der Waals surface area contributed by atoms with Crippen LogP contribution >= 0.6 is 0 Å². The summed E-state index contributed by atoms with van der Waals surface area (Å²) >= 11 is 0. The van der Waals surface area contributed by atoms with E-state index in [1.165, 1.54) is 22.3 Å². The van der Waals surface area contributed by atoms with Gasteiger partial charge >= 0.3 is 0 Å². The quantitative estimate of drug-likeness (QED) is 0.849. The average Bonchev–Trinajstić information content (AvgIpc) is 2.47. The smallest absolute Gasteiger partial charge is 0.0579 e. The van der Waals surface area contributed by atoms with Crippen molar-refractivity contribution in [2.45, 2.75) is 32.2 Å². The van der Waals surface area contributed by atoms with Gasteiger partial charge in [0.2, 0.25) is 0 Å². The lowest BCUT2D eigenvalue weighted by atomic mass is 9.87. The maximum absolute atomic E-state index is 3.66. The van der Waals surface area contributed by atoms with Gasteiger partial charge in [-0.1, -0.05) is 62.4 Å². The number of hydrogen-bond donors (Lipinski definition) is 1. The van der Waals surface area contributed by atoms with Gasteiger partial charge in [-0.2, -0.15) is 0 Å². The first kappa shape index (κ1) is 12.4. The molecule has 2 aromatic rings. The van der Waals surface area contributed by atoms with E-state index in [9.17, 15) is 0 Å². The second kappa shape index (κ2) is 5.18. The minimum atomic E-state index is 0.351. The molecular formula is C18H21N. The third-order valence-corrected chi connectivity index (χ3v) is 4.02. The largest absolute Gasteiger partial charge is 0.306 e. The summed E-state index contributed by atoms with van der Waals surface area (Å²) in [5.74, 6) is 0.587. The molecule has 0 bridgehead atoms. The number of nitrogens with one attached hydrogen (secondary N) is 1. The van der Waals surface area contributed by atoms with Gasteiger partial charge in [0.25, 0.3) is 0 Å². The molecule has 1 heteroatoms. The lowest BCUT2D eigenvalue weighted by molar-refractivity contribution is 0.566. The summed E-state index contributed by atoms with van der Waals surface area (Å²) in [6.07, 6.45) is 1.14. The van der Waals surface area contributed by atoms with Crippen LogP contribution in [0, 0.1) is 0 Å². The Balaban J connectivity index is 2.05. The van der Waals surface area contributed by atoms with Crippen molar-refractivity contribution >= 4 is 0 Å². The Morgan fingerprint density at radius 3 is 2.58 bits per heavy atom. The molecule has 1 N–H and O–H groups in total. The Bertz CT molecular complexity index is 557. The van der Waals surface area contributed by atoms with E-state index in [0.717, 1.165) is 13.0 Å². The third kappa shape index (κ3) is 2.43. The van der Waals surface area contributed by atoms with Gasteiger partial charge in [0.05, 0.1) is 6.04 Å². The van der Waals surface area contributed by atoms with Crippen LogP contribution in [0.2, 0.25) is 0 Å². The molecule has 1 aliphatic heterocycles. The fourth-order valence-corrected chi connectivity index (χ4v) is 2.87. The fourth-order valence-electron chi connectivity index (χ4n) is 2.87. The summed E-state index contributed by atoms with van der Waals surface area (Å²) < 4.78 is 0. The summed E-state index contributed by atoms with van der Waals surface area (Å²) in [5.41, 5.74) is 5.76. The van der Waals surface area contributed by atoms with E-state index in [4.69, 9.17) is 0 Å². The first-order chi connectivity index (χ1) is 9.25. The van der Waals surface area contributed by atoms with Crippen LogP contribution in [0.5, 0.6) is 0 Å². The monoisotopic (exact) mass is 251 g/mol. The fraction of sp³-hybridized carbons (Fsp3) is 0.333. The van der Waals surface area contributed by atoms with Gasteiger partial charge in [0.15, 0.2) is 0 Å². The van der Waals surface area contributed by atoms with Crippen molar-refractivity contribution in [3.05, 3.63) is 70.8 Å². The lowest BCUT2D eigenvalue weighted by Crippen LogP contribution is -2.30. The Morgan fingerprint density at radius 2 is 1.84 bits per heavy atom. The van der Waals surface area contributed by atoms with E-state index in [1.54, 1.807) is 0 Å². The minimum Gasteiger partial charge on any atom is -0.306 e. The summed E-state index contributed by atoms with van der Waals surface area (Å²) in [6.45, 7) is 5.58. The molecule has 19 heavy (non-hydrogen) atoms. The van der Waals surface area contributed by atoms with Crippen LogP contribution < -0.4 is 5.32 Å². The van der Waals surface area contributed by atoms with Gasteiger partial charge in [-0.15, -0.1) is 0 Å². The number of fused-ring (bicyclic) bond motifs is 1. The molecule has 0 aliphatic carbocycles. The van der Waals surface area contributed by atoms with Gasteiger partial charge in [-0.25, -0.2) is 0 Å². The third-order valence-electron chi connectivity index (χ3n) is 4.02. The van der Waals surface area contributed by atoms with E-state index >= 15 is 0 Å². The summed E-state index contributed by atoms with van der Waals surface area (Å²) in [5, 5.41) is 3.66. The van der Waals surface area contributed by atoms with Crippen molar-refractivity contribution in [1.29, 1.82) is 0 Å². The van der Waals surface area contributed by atoms with Crippen LogP contribution in [0.3, 0.4) is 0 Å². The molecule has 0 unspecified atom stereocenters. The average molecular weight is 251 g/mol. The molecule has 2 aromatic carbocycles. The van der Waals surface area contributed by atoms with E-state index in [2.05, 4.69) is 67.7 Å². The van der Waals surface area contributed by atoms with Gasteiger partial charge in [0.1, 0.15) is 0 Å². The Morgan fingerprint density at radius 1 is 1.05 bits per heavy atom. The lowest BCUT2D eigenvalue weighted by Gasteiger charge is -2.28. The van der Waals surface area contributed by atoms with Crippen molar-refractivity contribution in [3.63, 3.8) is 0 Å². The van der Waals surface area contributed by atoms with E-state index in [1.807, 2.05) is 0 Å². The zero-order chi connectivity index (χ0) is 13.2. The zero-order valence-electron chi connectivity index (χ0n) is 11.7. The summed E-state index contributed by atoms with van der Waals surface area (Å²) in [6, 6.07) is 18.1. The molecule has 0 radical (unpaired) electrons. The van der Waals surface area contributed by atoms with Crippen molar-refractivity contribution in [2.75, 3.05) is 6.54 Å². The standard InChI is InChI=1S/C18H21N/c1-13(2)16-9-8-14-10-11-19-18(17(14)12-16)15-6-4-3-5-7-15/h3-9,12-13,18-19H,10-11H2,1-2H3/t18-/m0/s1. The molecular weight excluding hydrogens is 230 g/mol. The van der Waals surface area contributed by atoms with Crippen molar-refractivity contribution in [3.8, 4) is 0 Å². The minimum absolute atomic E-state index is 0.351. The zero-order valence-corrected chi connectivity index (χ0v) is 11.7. The van der Waals surface area contributed by atoms with Crippen LogP contribution in [-0.2, 0) is 6.42 Å². The van der Waals surface area contributed by atoms with E-state index in [0.29, 0.717) is 12.0 Å². The number of benzene rings is 2. The number of rotatable bonds is 2. The normalized spacial score (nSPS) is 18.4. The summed E-state index contributed by atoms with van der Waals surface area (Å²) in [4.78, 5) is 0. The highest BCUT2D eigenvalue weighted by Crippen LogP contribution is 2.31. The highest BCUT2D eigenvalue weighted by molar-refractivity contribution is 5.42. The SMILES string of the molecule is CC(C)c1ccc2c(c1)[C@H](c1ccccc1)NCC2. The number of hydrogen-bond acceptors (Lipinski definition) is 1. The van der Waals surface area contributed by atoms with Gasteiger partial charge in [-0.3, -0.25) is 0 Å². The van der Waals surface area contributed by atoms with Gasteiger partial charge < -0.3 is 5.32 Å². The molecule has 1 aliphatic rings. The van der Waals surface area contributed by atoms with Crippen LogP contribution in [0.4, 0.5) is 0 Å². The van der Waals surface area contributed by atoms with Crippen LogP contribution in [0.1, 0.15) is 48.1 Å². The molecule has 3 rings (SSSR count). The van der Waals surface area contributed by atoms with E-state index in [-0.39, 0.29) is 0 Å². The Hall–Kier alpha value is -1.60. The molecule has 1 heterocycles. The Labute approximate surface area is 115 Å². The summed E-state index contributed by atoms with van der Waals surface area (Å²) in [7, 11) is 0. The molecule has 1 nitrogen and oxygen atoms in total. The molecule has 0 aromatic heterocycles. The highest BCUT2D eigenvalue weighted by Gasteiger charge is 2.21. The maximum atomic E-state index is 3.66. The molecule has 0 amide bonds. The predicted octanol–water partition coefficient (Wildman–Crippen LogP) is 4.05.